The van der Waals surface area contributed by atoms with Crippen LogP contribution < -0.4 is 5.32 Å². The molecule has 0 aliphatic rings. The summed E-state index contributed by atoms with van der Waals surface area (Å²) in [5, 5.41) is 11.1. The molecular formula is C11H16ClF2N5. The van der Waals surface area contributed by atoms with Crippen molar-refractivity contribution >= 4 is 12.4 Å². The Bertz CT molecular complexity index is 497. The number of hydrogen-bond donors (Lipinski definition) is 1. The van der Waals surface area contributed by atoms with Gasteiger partial charge in [0, 0.05) is 43.7 Å². The number of halogens is 3. The monoisotopic (exact) mass is 291 g/mol. The Morgan fingerprint density at radius 1 is 1.16 bits per heavy atom. The van der Waals surface area contributed by atoms with E-state index in [0.717, 1.165) is 11.1 Å². The van der Waals surface area contributed by atoms with Crippen LogP contribution in [0.15, 0.2) is 24.8 Å². The molecule has 0 saturated carbocycles. The van der Waals surface area contributed by atoms with Crippen molar-refractivity contribution in [2.75, 3.05) is 0 Å². The summed E-state index contributed by atoms with van der Waals surface area (Å²) in [5.41, 5.74) is 1.97. The highest BCUT2D eigenvalue weighted by Crippen LogP contribution is 2.02. The lowest BCUT2D eigenvalue weighted by atomic mass is 10.3. The lowest BCUT2D eigenvalue weighted by Crippen LogP contribution is -2.12. The van der Waals surface area contributed by atoms with E-state index in [-0.39, 0.29) is 19.0 Å². The molecule has 1 N–H and O–H groups in total. The normalized spacial score (nSPS) is 10.7. The zero-order chi connectivity index (χ0) is 13.0. The van der Waals surface area contributed by atoms with Crippen molar-refractivity contribution in [1.82, 2.24) is 24.9 Å². The van der Waals surface area contributed by atoms with E-state index in [0.29, 0.717) is 13.1 Å². The molecule has 19 heavy (non-hydrogen) atoms. The highest BCUT2D eigenvalue weighted by atomic mass is 35.5. The second-order valence-electron chi connectivity index (χ2n) is 4.09. The van der Waals surface area contributed by atoms with Crippen LogP contribution in [0.25, 0.3) is 0 Å². The van der Waals surface area contributed by atoms with Gasteiger partial charge >= 0.3 is 0 Å². The predicted octanol–water partition coefficient (Wildman–Crippen LogP) is 1.59. The molecule has 0 amide bonds. The van der Waals surface area contributed by atoms with Crippen LogP contribution in [0.5, 0.6) is 0 Å². The highest BCUT2D eigenvalue weighted by molar-refractivity contribution is 5.85. The first-order chi connectivity index (χ1) is 8.63. The summed E-state index contributed by atoms with van der Waals surface area (Å²) < 4.78 is 27.2. The van der Waals surface area contributed by atoms with E-state index < -0.39 is 6.43 Å². The van der Waals surface area contributed by atoms with Gasteiger partial charge in [-0.1, -0.05) is 0 Å². The molecule has 0 radical (unpaired) electrons. The lowest BCUT2D eigenvalue weighted by molar-refractivity contribution is 0.122. The molecule has 2 rings (SSSR count). The molecule has 2 aromatic heterocycles. The second kappa shape index (κ2) is 7.20. The zero-order valence-corrected chi connectivity index (χ0v) is 11.3. The van der Waals surface area contributed by atoms with Crippen LogP contribution in [0, 0.1) is 0 Å². The predicted molar refractivity (Wildman–Crippen MR) is 69.2 cm³/mol. The van der Waals surface area contributed by atoms with E-state index in [1.807, 2.05) is 13.2 Å². The van der Waals surface area contributed by atoms with E-state index in [4.69, 9.17) is 0 Å². The number of nitrogens with zero attached hydrogens (tertiary/aromatic N) is 4. The molecule has 0 aromatic carbocycles. The molecular weight excluding hydrogens is 276 g/mol. The van der Waals surface area contributed by atoms with Crippen molar-refractivity contribution < 1.29 is 8.78 Å². The minimum absolute atomic E-state index is 0. The van der Waals surface area contributed by atoms with E-state index in [1.54, 1.807) is 23.3 Å². The average Bonchev–Trinajstić information content (AvgIpc) is 2.88. The number of alkyl halides is 2. The molecule has 2 aromatic rings. The Morgan fingerprint density at radius 2 is 1.79 bits per heavy atom. The average molecular weight is 292 g/mol. The fraction of sp³-hybridized carbons (Fsp3) is 0.455. The van der Waals surface area contributed by atoms with Gasteiger partial charge in [-0.15, -0.1) is 12.4 Å². The summed E-state index contributed by atoms with van der Waals surface area (Å²) in [4.78, 5) is 0. The molecule has 0 fully saturated rings. The van der Waals surface area contributed by atoms with E-state index in [2.05, 4.69) is 15.5 Å². The Morgan fingerprint density at radius 3 is 2.37 bits per heavy atom. The fourth-order valence-corrected chi connectivity index (χ4v) is 1.65. The Hall–Kier alpha value is -1.47. The molecule has 0 spiro atoms. The molecule has 8 heteroatoms. The van der Waals surface area contributed by atoms with Gasteiger partial charge in [0.1, 0.15) is 6.54 Å². The maximum absolute atomic E-state index is 12.1. The number of hydrogen-bond acceptors (Lipinski definition) is 3. The Kier molecular flexibility index (Phi) is 5.91. The number of aryl methyl sites for hydroxylation is 1. The Balaban J connectivity index is 0.00000180. The van der Waals surface area contributed by atoms with E-state index >= 15 is 0 Å². The molecule has 0 saturated heterocycles. The van der Waals surface area contributed by atoms with Crippen LogP contribution in [0.4, 0.5) is 8.78 Å². The zero-order valence-electron chi connectivity index (χ0n) is 10.5. The summed E-state index contributed by atoms with van der Waals surface area (Å²) in [5.74, 6) is 0. The van der Waals surface area contributed by atoms with E-state index in [9.17, 15) is 8.78 Å². The number of rotatable bonds is 6. The maximum atomic E-state index is 12.1. The summed E-state index contributed by atoms with van der Waals surface area (Å²) in [6.07, 6.45) is 4.56. The lowest BCUT2D eigenvalue weighted by Gasteiger charge is -2.00. The first-order valence-electron chi connectivity index (χ1n) is 5.61. The SMILES string of the molecule is Cl.Cn1cc(CNCc2cnn(CC(F)F)c2)cn1. The number of nitrogens with one attached hydrogen (secondary N) is 1. The third-order valence-electron chi connectivity index (χ3n) is 2.43. The van der Waals surface area contributed by atoms with Gasteiger partial charge in [0.2, 0.25) is 0 Å². The molecule has 5 nitrogen and oxygen atoms in total. The van der Waals surface area contributed by atoms with Crippen LogP contribution in [0.2, 0.25) is 0 Å². The van der Waals surface area contributed by atoms with Gasteiger partial charge in [0.05, 0.1) is 12.4 Å². The molecule has 0 bridgehead atoms. The van der Waals surface area contributed by atoms with Gasteiger partial charge in [-0.2, -0.15) is 10.2 Å². The Labute approximate surface area is 116 Å². The quantitative estimate of drug-likeness (QED) is 0.879. The minimum atomic E-state index is -2.37. The second-order valence-corrected chi connectivity index (χ2v) is 4.09. The molecule has 0 aliphatic carbocycles. The molecule has 2 heterocycles. The van der Waals surface area contributed by atoms with Gasteiger partial charge in [0.25, 0.3) is 6.43 Å². The van der Waals surface area contributed by atoms with Gasteiger partial charge in [0.15, 0.2) is 0 Å². The van der Waals surface area contributed by atoms with Crippen molar-refractivity contribution in [2.24, 2.45) is 7.05 Å². The van der Waals surface area contributed by atoms with Crippen LogP contribution in [0.1, 0.15) is 11.1 Å². The van der Waals surface area contributed by atoms with Gasteiger partial charge in [-0.3, -0.25) is 9.36 Å². The third kappa shape index (κ3) is 4.96. The van der Waals surface area contributed by atoms with Crippen LogP contribution in [0.3, 0.4) is 0 Å². The number of aromatic nitrogens is 4. The summed E-state index contributed by atoms with van der Waals surface area (Å²) >= 11 is 0. The van der Waals surface area contributed by atoms with Crippen molar-refractivity contribution in [3.63, 3.8) is 0 Å². The standard InChI is InChI=1S/C11H15F2N5.ClH/c1-17-6-9(4-15-17)2-14-3-10-5-16-18(7-10)8-11(12)13;/h4-7,11,14H,2-3,8H2,1H3;1H. The van der Waals surface area contributed by atoms with Crippen LogP contribution in [-0.2, 0) is 26.7 Å². The van der Waals surface area contributed by atoms with Crippen molar-refractivity contribution in [3.05, 3.63) is 35.9 Å². The van der Waals surface area contributed by atoms with Crippen molar-refractivity contribution in [2.45, 2.75) is 26.1 Å². The molecule has 0 atom stereocenters. The van der Waals surface area contributed by atoms with Gasteiger partial charge < -0.3 is 5.32 Å². The van der Waals surface area contributed by atoms with Gasteiger partial charge in [-0.25, -0.2) is 8.78 Å². The maximum Gasteiger partial charge on any atom is 0.257 e. The van der Waals surface area contributed by atoms with E-state index in [1.165, 1.54) is 4.68 Å². The summed E-state index contributed by atoms with van der Waals surface area (Å²) in [6.45, 7) is 0.925. The summed E-state index contributed by atoms with van der Waals surface area (Å²) in [7, 11) is 1.86. The summed E-state index contributed by atoms with van der Waals surface area (Å²) in [6, 6.07) is 0. The molecule has 106 valence electrons. The van der Waals surface area contributed by atoms with Crippen molar-refractivity contribution in [1.29, 1.82) is 0 Å². The molecule has 0 aliphatic heterocycles. The molecule has 0 unspecified atom stereocenters. The highest BCUT2D eigenvalue weighted by Gasteiger charge is 2.05. The van der Waals surface area contributed by atoms with Crippen LogP contribution >= 0.6 is 12.4 Å². The smallest absolute Gasteiger partial charge is 0.257 e. The third-order valence-corrected chi connectivity index (χ3v) is 2.43. The topological polar surface area (TPSA) is 47.7 Å². The largest absolute Gasteiger partial charge is 0.308 e. The van der Waals surface area contributed by atoms with Gasteiger partial charge in [-0.05, 0) is 0 Å². The first-order valence-corrected chi connectivity index (χ1v) is 5.61. The van der Waals surface area contributed by atoms with Crippen molar-refractivity contribution in [3.8, 4) is 0 Å². The first kappa shape index (κ1) is 15.6. The fourth-order valence-electron chi connectivity index (χ4n) is 1.65. The minimum Gasteiger partial charge on any atom is -0.308 e. The van der Waals surface area contributed by atoms with Crippen LogP contribution in [-0.4, -0.2) is 26.0 Å².